The van der Waals surface area contributed by atoms with Gasteiger partial charge in [-0.05, 0) is 37.6 Å². The predicted molar refractivity (Wildman–Crippen MR) is 124 cm³/mol. The molecule has 0 saturated carbocycles. The highest BCUT2D eigenvalue weighted by molar-refractivity contribution is 7.40. The maximum atomic E-state index is 14.5. The number of fused-ring (bicyclic) bond motifs is 1. The van der Waals surface area contributed by atoms with E-state index in [-0.39, 0.29) is 19.0 Å². The molecule has 0 bridgehead atoms. The van der Waals surface area contributed by atoms with Crippen LogP contribution in [0.3, 0.4) is 0 Å². The lowest BCUT2D eigenvalue weighted by atomic mass is 10.1. The number of aryl methyl sites for hydroxylation is 2. The third-order valence-corrected chi connectivity index (χ3v) is 6.05. The Morgan fingerprint density at radius 2 is 2.14 bits per heavy atom. The number of nitrogens with one attached hydrogen (secondary N) is 1. The van der Waals surface area contributed by atoms with Gasteiger partial charge in [-0.3, -0.25) is 9.88 Å². The predicted octanol–water partition coefficient (Wildman–Crippen LogP) is 4.16. The number of carbonyl (C=O) groups is 1. The molecule has 2 aromatic heterocycles. The average Bonchev–Trinajstić information content (AvgIpc) is 3.36. The quantitative estimate of drug-likeness (QED) is 0.414. The normalized spacial score (nSPS) is 19.9. The fourth-order valence-electron chi connectivity index (χ4n) is 3.88. The molecule has 36 heavy (non-hydrogen) atoms. The Kier molecular flexibility index (Phi) is 7.67. The van der Waals surface area contributed by atoms with E-state index in [4.69, 9.17) is 18.4 Å². The summed E-state index contributed by atoms with van der Waals surface area (Å²) >= 11 is 0. The van der Waals surface area contributed by atoms with Crippen LogP contribution in [0.5, 0.6) is 0 Å². The number of halogens is 2. The molecule has 1 aliphatic heterocycles. The van der Waals surface area contributed by atoms with E-state index in [1.165, 1.54) is 7.11 Å². The van der Waals surface area contributed by atoms with E-state index in [0.29, 0.717) is 15.9 Å². The van der Waals surface area contributed by atoms with Gasteiger partial charge in [-0.2, -0.15) is 4.98 Å². The van der Waals surface area contributed by atoms with E-state index in [1.807, 2.05) is 26.0 Å². The van der Waals surface area contributed by atoms with Crippen LogP contribution in [0.4, 0.5) is 19.4 Å². The highest BCUT2D eigenvalue weighted by Gasteiger charge is 2.52. The van der Waals surface area contributed by atoms with Crippen molar-refractivity contribution >= 4 is 31.5 Å². The lowest BCUT2D eigenvalue weighted by molar-refractivity contribution is -0.119. The van der Waals surface area contributed by atoms with Crippen molar-refractivity contribution in [3.63, 3.8) is 0 Å². The smallest absolute Gasteiger partial charge is 0.413 e. The lowest BCUT2D eigenvalue weighted by Crippen LogP contribution is -2.35. The van der Waals surface area contributed by atoms with E-state index in [0.717, 1.165) is 28.8 Å². The number of nitrogens with zero attached hydrogens (tertiary/aromatic N) is 2. The van der Waals surface area contributed by atoms with Crippen LogP contribution in [0, 0.1) is 13.8 Å². The largest absolute Gasteiger partial charge is 0.457 e. The number of amides is 1. The summed E-state index contributed by atoms with van der Waals surface area (Å²) in [4.78, 5) is 37.5. The van der Waals surface area contributed by atoms with Gasteiger partial charge in [0.2, 0.25) is 6.23 Å². The molecule has 0 radical (unpaired) electrons. The van der Waals surface area contributed by atoms with Crippen molar-refractivity contribution < 1.29 is 41.4 Å². The molecule has 3 atom stereocenters. The maximum Gasteiger partial charge on any atom is 0.413 e. The Labute approximate surface area is 204 Å². The molecule has 3 heterocycles. The molecule has 1 amide bonds. The van der Waals surface area contributed by atoms with E-state index >= 15 is 0 Å². The summed E-state index contributed by atoms with van der Waals surface area (Å²) < 4.78 is 55.1. The van der Waals surface area contributed by atoms with Gasteiger partial charge in [0.15, 0.2) is 6.61 Å². The molecular weight excluding hydrogens is 503 g/mol. The third kappa shape index (κ3) is 5.88. The number of hydrogen-bond donors (Lipinski definition) is 2. The molecule has 1 aromatic carbocycles. The van der Waals surface area contributed by atoms with Gasteiger partial charge in [-0.1, -0.05) is 11.6 Å². The minimum Gasteiger partial charge on any atom is -0.457 e. The first-order valence-electron chi connectivity index (χ1n) is 10.8. The maximum absolute atomic E-state index is 14.5. The van der Waals surface area contributed by atoms with Crippen LogP contribution < -0.4 is 11.0 Å². The third-order valence-electron chi connectivity index (χ3n) is 5.37. The van der Waals surface area contributed by atoms with Gasteiger partial charge in [0, 0.05) is 25.1 Å². The van der Waals surface area contributed by atoms with Crippen molar-refractivity contribution in [1.82, 2.24) is 9.55 Å². The average molecular weight is 527 g/mol. The summed E-state index contributed by atoms with van der Waals surface area (Å²) in [5.41, 5.74) is 1.65. The van der Waals surface area contributed by atoms with Crippen LogP contribution in [-0.2, 0) is 25.1 Å². The van der Waals surface area contributed by atoms with Crippen LogP contribution in [-0.4, -0.2) is 46.3 Å². The van der Waals surface area contributed by atoms with Gasteiger partial charge < -0.3 is 27.8 Å². The summed E-state index contributed by atoms with van der Waals surface area (Å²) in [6.07, 6.45) is -3.62. The number of furan rings is 1. The highest BCUT2D eigenvalue weighted by Crippen LogP contribution is 2.43. The van der Waals surface area contributed by atoms with Crippen molar-refractivity contribution in [3.8, 4) is 0 Å². The molecule has 0 spiro atoms. The first kappa shape index (κ1) is 26.1. The molecule has 194 valence electrons. The lowest BCUT2D eigenvalue weighted by Gasteiger charge is -2.20. The molecule has 2 unspecified atom stereocenters. The van der Waals surface area contributed by atoms with Crippen LogP contribution in [0.15, 0.2) is 39.7 Å². The zero-order valence-electron chi connectivity index (χ0n) is 19.6. The molecule has 0 aliphatic carbocycles. The van der Waals surface area contributed by atoms with Crippen LogP contribution in [0.25, 0.3) is 11.0 Å². The standard InChI is InChI=1S/C22H24F2N3O8P/c1-12-6-13(2)18-14(7-12)8-15(34-18)10-32-21(29)26-17-4-5-27(20(28)25-17)19-22(23,24)9-16(35-19)11-33-36(30)31-3/h4-8,16,19,30H,9-11H2,1-3H3,(H,25,26,28,29)/t16?,19-,36?/m1/s1. The van der Waals surface area contributed by atoms with Gasteiger partial charge in [0.05, 0.1) is 12.7 Å². The minimum atomic E-state index is -3.40. The van der Waals surface area contributed by atoms with Crippen molar-refractivity contribution in [1.29, 1.82) is 0 Å². The summed E-state index contributed by atoms with van der Waals surface area (Å²) in [5, 5.41) is 3.16. The molecule has 14 heteroatoms. The SMILES string of the molecule is COP(O)OCC1CC(F)(F)[C@H](n2ccc(NC(=O)OCc3cc4cc(C)cc(C)c4o3)nc2=O)O1. The van der Waals surface area contributed by atoms with E-state index in [1.54, 1.807) is 6.07 Å². The van der Waals surface area contributed by atoms with E-state index in [2.05, 4.69) is 14.8 Å². The molecule has 4 rings (SSSR count). The molecule has 3 aromatic rings. The minimum absolute atomic E-state index is 0.166. The topological polar surface area (TPSA) is 134 Å². The monoisotopic (exact) mass is 527 g/mol. The van der Waals surface area contributed by atoms with Gasteiger partial charge in [-0.15, -0.1) is 0 Å². The van der Waals surface area contributed by atoms with E-state index < -0.39 is 45.1 Å². The summed E-state index contributed by atoms with van der Waals surface area (Å²) in [6.45, 7) is 3.36. The number of benzene rings is 1. The van der Waals surface area contributed by atoms with Gasteiger partial charge in [0.25, 0.3) is 5.92 Å². The second kappa shape index (κ2) is 10.6. The van der Waals surface area contributed by atoms with Crippen LogP contribution >= 0.6 is 8.60 Å². The molecule has 1 saturated heterocycles. The number of hydrogen-bond acceptors (Lipinski definition) is 9. The zero-order chi connectivity index (χ0) is 26.0. The van der Waals surface area contributed by atoms with Crippen LogP contribution in [0.1, 0.15) is 29.5 Å². The Bertz CT molecular complexity index is 1310. The first-order valence-corrected chi connectivity index (χ1v) is 11.9. The summed E-state index contributed by atoms with van der Waals surface area (Å²) in [7, 11) is -1.000. The molecular formula is C22H24F2N3O8P. The fraction of sp³-hybridized carbons (Fsp3) is 0.409. The van der Waals surface area contributed by atoms with Crippen LogP contribution in [0.2, 0.25) is 0 Å². The Hall–Kier alpha value is -2.96. The first-order chi connectivity index (χ1) is 17.1. The Balaban J connectivity index is 1.36. The fourth-order valence-corrected chi connectivity index (χ4v) is 4.28. The number of anilines is 1. The Morgan fingerprint density at radius 3 is 2.86 bits per heavy atom. The molecule has 1 fully saturated rings. The van der Waals surface area contributed by atoms with Gasteiger partial charge in [-0.25, -0.2) is 18.4 Å². The Morgan fingerprint density at radius 1 is 1.36 bits per heavy atom. The number of alkyl halides is 2. The number of ether oxygens (including phenoxy) is 2. The summed E-state index contributed by atoms with van der Waals surface area (Å²) in [5.74, 6) is -3.16. The summed E-state index contributed by atoms with van der Waals surface area (Å²) in [6, 6.07) is 6.85. The number of carbonyl (C=O) groups excluding carboxylic acids is 1. The van der Waals surface area contributed by atoms with Gasteiger partial charge in [0.1, 0.15) is 17.2 Å². The molecule has 1 aliphatic rings. The highest BCUT2D eigenvalue weighted by atomic mass is 31.2. The van der Waals surface area contributed by atoms with Crippen molar-refractivity contribution in [2.75, 3.05) is 19.0 Å². The van der Waals surface area contributed by atoms with Crippen molar-refractivity contribution in [2.45, 2.75) is 45.1 Å². The molecule has 11 nitrogen and oxygen atoms in total. The van der Waals surface area contributed by atoms with Gasteiger partial charge >= 0.3 is 20.4 Å². The van der Waals surface area contributed by atoms with E-state index in [9.17, 15) is 23.3 Å². The second-order valence-corrected chi connectivity index (χ2v) is 9.31. The molecule has 2 N–H and O–H groups in total. The second-order valence-electron chi connectivity index (χ2n) is 8.21. The number of aromatic nitrogens is 2. The zero-order valence-corrected chi connectivity index (χ0v) is 20.5. The van der Waals surface area contributed by atoms with Crippen molar-refractivity contribution in [2.24, 2.45) is 0 Å². The van der Waals surface area contributed by atoms with Crippen molar-refractivity contribution in [3.05, 3.63) is 57.8 Å². The number of rotatable bonds is 8.